The molecular weight excluding hydrogens is 565 g/mol. The van der Waals surface area contributed by atoms with E-state index in [1.807, 2.05) is 0 Å². The van der Waals surface area contributed by atoms with Gasteiger partial charge in [0, 0.05) is 11.3 Å². The number of nitrogen functional groups attached to an aromatic ring is 1. The molecule has 0 spiro atoms. The number of carboxylic acids is 1. The van der Waals surface area contributed by atoms with Gasteiger partial charge in [0.25, 0.3) is 0 Å². The first-order chi connectivity index (χ1) is 19.8. The molecule has 3 aromatic rings. The lowest BCUT2D eigenvalue weighted by Gasteiger charge is -2.21. The minimum Gasteiger partial charge on any atom is -0.493 e. The van der Waals surface area contributed by atoms with Crippen LogP contribution in [0.3, 0.4) is 0 Å². The normalized spacial score (nSPS) is 12.2. The van der Waals surface area contributed by atoms with Gasteiger partial charge in [-0.3, -0.25) is 10.4 Å². The Morgan fingerprint density at radius 3 is 2.10 bits per heavy atom. The van der Waals surface area contributed by atoms with Gasteiger partial charge < -0.3 is 41.8 Å². The zero-order valence-corrected chi connectivity index (χ0v) is 22.5. The van der Waals surface area contributed by atoms with Gasteiger partial charge in [-0.1, -0.05) is 0 Å². The number of methoxy groups -OCH3 is 3. The number of aliphatic carboxylic acids is 1. The molecule has 0 aliphatic heterocycles. The maximum Gasteiger partial charge on any atom is 0.490 e. The molecule has 1 aromatic heterocycles. The number of aromatic nitrogens is 3. The molecule has 0 saturated carbocycles. The molecule has 226 valence electrons. The van der Waals surface area contributed by atoms with E-state index >= 15 is 0 Å². The molecule has 0 radical (unpaired) electrons. The topological polar surface area (TPSA) is 230 Å². The van der Waals surface area contributed by atoms with E-state index in [1.165, 1.54) is 39.7 Å². The van der Waals surface area contributed by atoms with Crippen molar-refractivity contribution in [3.63, 3.8) is 0 Å². The zero-order valence-electron chi connectivity index (χ0n) is 22.5. The molecule has 3 rings (SSSR count). The summed E-state index contributed by atoms with van der Waals surface area (Å²) >= 11 is 0. The predicted octanol–water partition coefficient (Wildman–Crippen LogP) is 1.95. The van der Waals surface area contributed by atoms with E-state index in [0.717, 1.165) is 4.68 Å². The summed E-state index contributed by atoms with van der Waals surface area (Å²) in [6.07, 6.45) is -0.855. The van der Waals surface area contributed by atoms with Crippen LogP contribution in [0.1, 0.15) is 23.0 Å². The van der Waals surface area contributed by atoms with Crippen LogP contribution in [0.15, 0.2) is 59.5 Å². The van der Waals surface area contributed by atoms with Crippen LogP contribution in [0.5, 0.6) is 17.2 Å². The van der Waals surface area contributed by atoms with Crippen molar-refractivity contribution in [1.29, 1.82) is 5.41 Å². The Kier molecular flexibility index (Phi) is 11.0. The highest BCUT2D eigenvalue weighted by atomic mass is 19.4. The van der Waals surface area contributed by atoms with Crippen molar-refractivity contribution in [1.82, 2.24) is 14.8 Å². The van der Waals surface area contributed by atoms with Crippen molar-refractivity contribution in [2.75, 3.05) is 26.6 Å². The number of halogens is 3. The van der Waals surface area contributed by atoms with Crippen molar-refractivity contribution < 1.29 is 37.3 Å². The highest BCUT2D eigenvalue weighted by molar-refractivity contribution is 5.95. The van der Waals surface area contributed by atoms with Crippen LogP contribution in [0.2, 0.25) is 0 Å². The van der Waals surface area contributed by atoms with Crippen molar-refractivity contribution in [3.05, 3.63) is 82.2 Å². The van der Waals surface area contributed by atoms with Gasteiger partial charge >= 0.3 is 17.8 Å². The molecule has 14 nitrogen and oxygen atoms in total. The van der Waals surface area contributed by atoms with Crippen LogP contribution in [-0.2, 0) is 4.79 Å². The number of carbonyl (C=O) groups is 1. The molecule has 0 saturated heterocycles. The van der Waals surface area contributed by atoms with Crippen LogP contribution < -0.4 is 42.4 Å². The number of benzene rings is 2. The van der Waals surface area contributed by atoms with Gasteiger partial charge in [-0.05, 0) is 60.3 Å². The lowest BCUT2D eigenvalue weighted by molar-refractivity contribution is -0.192. The fourth-order valence-corrected chi connectivity index (χ4v) is 3.36. The fraction of sp³-hybridized carbons (Fsp3) is 0.200. The SMILES string of the molecule is COc1cc(C(Nc2ccc(C(=N)N)cc2)c2nn(/C(N)=C/C=C\N)c(=O)[nH]2)cc(OC)c1OC.O=C(O)C(F)(F)F. The zero-order chi connectivity index (χ0) is 31.6. The number of hydrogen-bond acceptors (Lipinski definition) is 10. The van der Waals surface area contributed by atoms with Crippen LogP contribution in [-0.4, -0.2) is 59.2 Å². The molecule has 1 heterocycles. The van der Waals surface area contributed by atoms with Gasteiger partial charge in [-0.15, -0.1) is 5.10 Å². The number of anilines is 1. The van der Waals surface area contributed by atoms with E-state index in [-0.39, 0.29) is 17.5 Å². The Morgan fingerprint density at radius 1 is 1.12 bits per heavy atom. The molecule has 0 bridgehead atoms. The number of H-pyrrole nitrogens is 1. The molecular formula is C25H29F3N8O6. The molecule has 10 N–H and O–H groups in total. The maximum atomic E-state index is 12.6. The number of hydrogen-bond donors (Lipinski definition) is 7. The highest BCUT2D eigenvalue weighted by Crippen LogP contribution is 2.41. The standard InChI is InChI=1S/C23H28N8O4.C2HF3O2/c1-33-16-11-14(12-17(34-2)20(16)35-3)19(28-15-8-6-13(7-9-15)21(26)27)22-29-23(32)31(30-22)18(25)5-4-10-24;3-2(4,5)1(6)7/h4-12,19,28H,24-25H2,1-3H3,(H3,26,27)(H,29,30,32);(H,6,7)/b10-4-,18-5+;. The summed E-state index contributed by atoms with van der Waals surface area (Å²) in [6, 6.07) is 9.76. The van der Waals surface area contributed by atoms with Crippen molar-refractivity contribution in [3.8, 4) is 17.2 Å². The first kappa shape index (κ1) is 32.6. The second kappa shape index (κ2) is 14.1. The number of nitrogens with one attached hydrogen (secondary N) is 3. The van der Waals surface area contributed by atoms with E-state index in [2.05, 4.69) is 15.4 Å². The van der Waals surface area contributed by atoms with Crippen molar-refractivity contribution in [2.24, 2.45) is 17.2 Å². The maximum absolute atomic E-state index is 12.6. The first-order valence-electron chi connectivity index (χ1n) is 11.6. The van der Waals surface area contributed by atoms with E-state index in [1.54, 1.807) is 36.4 Å². The van der Waals surface area contributed by atoms with Gasteiger partial charge in [0.1, 0.15) is 17.7 Å². The third-order valence-corrected chi connectivity index (χ3v) is 5.30. The van der Waals surface area contributed by atoms with Gasteiger partial charge in [-0.2, -0.15) is 17.9 Å². The summed E-state index contributed by atoms with van der Waals surface area (Å²) in [5.74, 6) is -1.18. The Morgan fingerprint density at radius 2 is 1.67 bits per heavy atom. The molecule has 2 aromatic carbocycles. The Labute approximate surface area is 236 Å². The van der Waals surface area contributed by atoms with Gasteiger partial charge in [0.05, 0.1) is 21.3 Å². The Bertz CT molecular complexity index is 1490. The molecule has 1 atom stereocenters. The summed E-state index contributed by atoms with van der Waals surface area (Å²) in [5.41, 5.74) is 18.3. The van der Waals surface area contributed by atoms with Gasteiger partial charge in [0.2, 0.25) is 5.75 Å². The number of nitrogens with two attached hydrogens (primary N) is 3. The smallest absolute Gasteiger partial charge is 0.490 e. The van der Waals surface area contributed by atoms with E-state index < -0.39 is 23.9 Å². The number of allylic oxidation sites excluding steroid dienone is 2. The first-order valence-corrected chi connectivity index (χ1v) is 11.6. The minimum absolute atomic E-state index is 0.0467. The van der Waals surface area contributed by atoms with Gasteiger partial charge in [-0.25, -0.2) is 9.59 Å². The number of nitrogens with zero attached hydrogens (tertiary/aromatic N) is 2. The molecule has 42 heavy (non-hydrogen) atoms. The van der Waals surface area contributed by atoms with Crippen molar-refractivity contribution in [2.45, 2.75) is 12.2 Å². The lowest BCUT2D eigenvalue weighted by atomic mass is 10.0. The van der Waals surface area contributed by atoms with E-state index in [4.69, 9.17) is 46.7 Å². The highest BCUT2D eigenvalue weighted by Gasteiger charge is 2.38. The van der Waals surface area contributed by atoms with E-state index in [0.29, 0.717) is 34.1 Å². The third-order valence-electron chi connectivity index (χ3n) is 5.30. The fourth-order valence-electron chi connectivity index (χ4n) is 3.36. The molecule has 0 aliphatic carbocycles. The number of rotatable bonds is 10. The molecule has 0 fully saturated rings. The summed E-state index contributed by atoms with van der Waals surface area (Å²) < 4.78 is 49.2. The second-order valence-corrected chi connectivity index (χ2v) is 8.03. The number of carboxylic acid groups (broad SMARTS) is 1. The minimum atomic E-state index is -5.08. The third kappa shape index (κ3) is 8.20. The quantitative estimate of drug-likeness (QED) is 0.102. The lowest BCUT2D eigenvalue weighted by Crippen LogP contribution is -2.21. The van der Waals surface area contributed by atoms with Gasteiger partial charge in [0.15, 0.2) is 17.3 Å². The number of aromatic amines is 1. The molecule has 0 amide bonds. The monoisotopic (exact) mass is 594 g/mol. The number of ether oxygens (including phenoxy) is 3. The van der Waals surface area contributed by atoms with Crippen LogP contribution >= 0.6 is 0 Å². The predicted molar refractivity (Wildman–Crippen MR) is 147 cm³/mol. The van der Waals surface area contributed by atoms with Crippen molar-refractivity contribution >= 4 is 23.3 Å². The average molecular weight is 595 g/mol. The average Bonchev–Trinajstić information content (AvgIpc) is 3.34. The summed E-state index contributed by atoms with van der Waals surface area (Å²) in [6.45, 7) is 0. The molecule has 1 unspecified atom stereocenters. The van der Waals surface area contributed by atoms with Crippen LogP contribution in [0.25, 0.3) is 5.82 Å². The summed E-state index contributed by atoms with van der Waals surface area (Å²) in [5, 5.41) is 22.4. The van der Waals surface area contributed by atoms with Crippen LogP contribution in [0, 0.1) is 5.41 Å². The molecule has 17 heteroatoms. The second-order valence-electron chi connectivity index (χ2n) is 8.03. The van der Waals surface area contributed by atoms with E-state index in [9.17, 15) is 18.0 Å². The Hall–Kier alpha value is -5.61. The number of alkyl halides is 3. The summed E-state index contributed by atoms with van der Waals surface area (Å²) in [4.78, 5) is 24.3. The molecule has 0 aliphatic rings. The Balaban J connectivity index is 0.000000782. The summed E-state index contributed by atoms with van der Waals surface area (Å²) in [7, 11) is 4.53. The van der Waals surface area contributed by atoms with Crippen LogP contribution in [0.4, 0.5) is 18.9 Å². The largest absolute Gasteiger partial charge is 0.493 e. The number of amidine groups is 1.